The zero-order chi connectivity index (χ0) is 23.2. The highest BCUT2D eigenvalue weighted by atomic mass is 16.5. The summed E-state index contributed by atoms with van der Waals surface area (Å²) in [7, 11) is 0. The lowest BCUT2D eigenvalue weighted by Crippen LogP contribution is -2.33. The van der Waals surface area contributed by atoms with Gasteiger partial charge in [-0.25, -0.2) is 4.79 Å². The molecule has 1 amide bonds. The first kappa shape index (κ1) is 23.1. The molecule has 0 bridgehead atoms. The van der Waals surface area contributed by atoms with E-state index >= 15 is 0 Å². The second-order valence-electron chi connectivity index (χ2n) is 8.98. The average molecular weight is 449 g/mol. The number of piperidine rings is 1. The molecule has 0 spiro atoms. The van der Waals surface area contributed by atoms with Crippen molar-refractivity contribution in [2.24, 2.45) is 5.92 Å². The number of hydrogen-bond acceptors (Lipinski definition) is 5. The van der Waals surface area contributed by atoms with Crippen LogP contribution in [-0.4, -0.2) is 37.0 Å². The van der Waals surface area contributed by atoms with E-state index in [0.717, 1.165) is 28.8 Å². The summed E-state index contributed by atoms with van der Waals surface area (Å²) in [6, 6.07) is 15.1. The maximum atomic E-state index is 12.7. The van der Waals surface area contributed by atoms with Crippen LogP contribution in [0.25, 0.3) is 11.0 Å². The minimum atomic E-state index is -0.544. The number of fused-ring (bicyclic) bond motifs is 1. The summed E-state index contributed by atoms with van der Waals surface area (Å²) in [5, 5.41) is 3.52. The highest BCUT2D eigenvalue weighted by molar-refractivity contribution is 5.94. The number of carbonyl (C=O) groups is 1. The van der Waals surface area contributed by atoms with Gasteiger partial charge in [-0.1, -0.05) is 37.1 Å². The van der Waals surface area contributed by atoms with Crippen LogP contribution in [0.5, 0.6) is 5.75 Å². The predicted octanol–water partition coefficient (Wildman–Crippen LogP) is 4.78. The largest absolute Gasteiger partial charge is 0.492 e. The first-order chi connectivity index (χ1) is 16.0. The van der Waals surface area contributed by atoms with E-state index < -0.39 is 5.63 Å². The van der Waals surface area contributed by atoms with E-state index in [4.69, 9.17) is 9.15 Å². The minimum absolute atomic E-state index is 0.169. The molecule has 1 fully saturated rings. The zero-order valence-corrected chi connectivity index (χ0v) is 19.4. The Bertz CT molecular complexity index is 1150. The first-order valence-electron chi connectivity index (χ1n) is 11.8. The number of aryl methyl sites for hydroxylation is 1. The lowest BCUT2D eigenvalue weighted by Gasteiger charge is -2.26. The molecular weight excluding hydrogens is 416 g/mol. The van der Waals surface area contributed by atoms with Crippen LogP contribution in [0.2, 0.25) is 0 Å². The summed E-state index contributed by atoms with van der Waals surface area (Å²) >= 11 is 0. The third-order valence-corrected chi connectivity index (χ3v) is 6.18. The SMILES string of the molecule is Cc1ccc2oc(=O)c(NC(=O)C(C)Cc3ccc(OCCN4CCCCC4)cc3)cc2c1. The molecule has 1 aromatic heterocycles. The third-order valence-electron chi connectivity index (χ3n) is 6.18. The van der Waals surface area contributed by atoms with Gasteiger partial charge in [0.1, 0.15) is 23.6 Å². The molecule has 1 saturated heterocycles. The van der Waals surface area contributed by atoms with E-state index in [2.05, 4.69) is 10.2 Å². The normalized spacial score (nSPS) is 15.3. The molecule has 6 heteroatoms. The van der Waals surface area contributed by atoms with E-state index in [9.17, 15) is 9.59 Å². The molecule has 33 heavy (non-hydrogen) atoms. The number of likely N-dealkylation sites (tertiary alicyclic amines) is 1. The average Bonchev–Trinajstić information content (AvgIpc) is 2.81. The van der Waals surface area contributed by atoms with Crippen molar-refractivity contribution in [1.29, 1.82) is 0 Å². The number of hydrogen-bond donors (Lipinski definition) is 1. The number of nitrogens with one attached hydrogen (secondary N) is 1. The van der Waals surface area contributed by atoms with Gasteiger partial charge in [-0.05, 0) is 75.2 Å². The van der Waals surface area contributed by atoms with Crippen molar-refractivity contribution in [3.8, 4) is 5.75 Å². The van der Waals surface area contributed by atoms with Gasteiger partial charge in [0.2, 0.25) is 5.91 Å². The first-order valence-corrected chi connectivity index (χ1v) is 11.8. The fourth-order valence-electron chi connectivity index (χ4n) is 4.23. The Kier molecular flexibility index (Phi) is 7.45. The van der Waals surface area contributed by atoms with Gasteiger partial charge in [0.25, 0.3) is 0 Å². The van der Waals surface area contributed by atoms with Crippen LogP contribution < -0.4 is 15.7 Å². The molecular formula is C27H32N2O4. The van der Waals surface area contributed by atoms with Crippen molar-refractivity contribution in [3.05, 3.63) is 70.1 Å². The van der Waals surface area contributed by atoms with Gasteiger partial charge in [-0.2, -0.15) is 0 Å². The maximum Gasteiger partial charge on any atom is 0.360 e. The lowest BCUT2D eigenvalue weighted by atomic mass is 10.00. The van der Waals surface area contributed by atoms with Crippen molar-refractivity contribution < 1.29 is 13.9 Å². The molecule has 2 aromatic carbocycles. The molecule has 4 rings (SSSR count). The van der Waals surface area contributed by atoms with E-state index in [-0.39, 0.29) is 17.5 Å². The molecule has 1 N–H and O–H groups in total. The van der Waals surface area contributed by atoms with Crippen molar-refractivity contribution in [1.82, 2.24) is 4.90 Å². The number of ether oxygens (including phenoxy) is 1. The maximum absolute atomic E-state index is 12.7. The number of rotatable bonds is 8. The quantitative estimate of drug-likeness (QED) is 0.502. The van der Waals surface area contributed by atoms with Gasteiger partial charge in [0.05, 0.1) is 0 Å². The van der Waals surface area contributed by atoms with Gasteiger partial charge in [0, 0.05) is 17.8 Å². The number of benzene rings is 2. The molecule has 3 aromatic rings. The Morgan fingerprint density at radius 2 is 1.85 bits per heavy atom. The monoisotopic (exact) mass is 448 g/mol. The van der Waals surface area contributed by atoms with Crippen LogP contribution >= 0.6 is 0 Å². The van der Waals surface area contributed by atoms with Crippen molar-refractivity contribution in [2.45, 2.75) is 39.5 Å². The van der Waals surface area contributed by atoms with Crippen LogP contribution in [0.4, 0.5) is 5.69 Å². The number of amides is 1. The second-order valence-corrected chi connectivity index (χ2v) is 8.98. The van der Waals surface area contributed by atoms with Crippen LogP contribution in [0, 0.1) is 12.8 Å². The molecule has 1 atom stereocenters. The standard InChI is InChI=1S/C27H32N2O4/c1-19-6-11-25-22(16-19)18-24(27(31)33-25)28-26(30)20(2)17-21-7-9-23(10-8-21)32-15-14-29-12-4-3-5-13-29/h6-11,16,18,20H,3-5,12-15,17H2,1-2H3,(H,28,30). The molecule has 0 radical (unpaired) electrons. The number of anilines is 1. The van der Waals surface area contributed by atoms with E-state index in [1.165, 1.54) is 32.4 Å². The van der Waals surface area contributed by atoms with Crippen LogP contribution in [0.15, 0.2) is 57.7 Å². The molecule has 6 nitrogen and oxygen atoms in total. The van der Waals surface area contributed by atoms with Gasteiger partial charge in [-0.15, -0.1) is 0 Å². The lowest BCUT2D eigenvalue weighted by molar-refractivity contribution is -0.119. The van der Waals surface area contributed by atoms with Crippen molar-refractivity contribution in [3.63, 3.8) is 0 Å². The third kappa shape index (κ3) is 6.23. The molecule has 1 aliphatic rings. The molecule has 1 unspecified atom stereocenters. The van der Waals surface area contributed by atoms with Gasteiger partial charge >= 0.3 is 5.63 Å². The molecule has 0 saturated carbocycles. The number of nitrogens with zero attached hydrogens (tertiary/aromatic N) is 1. The summed E-state index contributed by atoms with van der Waals surface area (Å²) < 4.78 is 11.2. The summed E-state index contributed by atoms with van der Waals surface area (Å²) in [5.74, 6) is 0.330. The number of carbonyl (C=O) groups excluding carboxylic acids is 1. The van der Waals surface area contributed by atoms with Gasteiger partial charge in [0.15, 0.2) is 0 Å². The predicted molar refractivity (Wildman–Crippen MR) is 131 cm³/mol. The topological polar surface area (TPSA) is 71.8 Å². The van der Waals surface area contributed by atoms with E-state index in [1.807, 2.05) is 50.2 Å². The smallest absolute Gasteiger partial charge is 0.360 e. The fraction of sp³-hybridized carbons (Fsp3) is 0.407. The highest BCUT2D eigenvalue weighted by Gasteiger charge is 2.17. The molecule has 2 heterocycles. The van der Waals surface area contributed by atoms with Gasteiger partial charge in [-0.3, -0.25) is 9.69 Å². The zero-order valence-electron chi connectivity index (χ0n) is 19.4. The van der Waals surface area contributed by atoms with Crippen LogP contribution in [0.1, 0.15) is 37.3 Å². The Hall–Kier alpha value is -3.12. The summed E-state index contributed by atoms with van der Waals surface area (Å²) in [5.41, 5.74) is 2.23. The molecule has 1 aliphatic heterocycles. The van der Waals surface area contributed by atoms with Crippen molar-refractivity contribution in [2.75, 3.05) is 31.6 Å². The molecule has 0 aliphatic carbocycles. The second kappa shape index (κ2) is 10.7. The Morgan fingerprint density at radius 3 is 2.61 bits per heavy atom. The highest BCUT2D eigenvalue weighted by Crippen LogP contribution is 2.19. The fourth-order valence-corrected chi connectivity index (χ4v) is 4.23. The van der Waals surface area contributed by atoms with Crippen molar-refractivity contribution >= 4 is 22.6 Å². The van der Waals surface area contributed by atoms with Gasteiger partial charge < -0.3 is 14.5 Å². The Balaban J connectivity index is 1.30. The van der Waals surface area contributed by atoms with Crippen LogP contribution in [0.3, 0.4) is 0 Å². The molecule has 174 valence electrons. The van der Waals surface area contributed by atoms with E-state index in [0.29, 0.717) is 18.6 Å². The Morgan fingerprint density at radius 1 is 1.09 bits per heavy atom. The summed E-state index contributed by atoms with van der Waals surface area (Å²) in [6.45, 7) is 7.81. The minimum Gasteiger partial charge on any atom is -0.492 e. The summed E-state index contributed by atoms with van der Waals surface area (Å²) in [6.07, 6.45) is 4.47. The summed E-state index contributed by atoms with van der Waals surface area (Å²) in [4.78, 5) is 27.4. The van der Waals surface area contributed by atoms with Crippen LogP contribution in [-0.2, 0) is 11.2 Å². The van der Waals surface area contributed by atoms with E-state index in [1.54, 1.807) is 12.1 Å². The Labute approximate surface area is 194 Å².